The van der Waals surface area contributed by atoms with Gasteiger partial charge in [0, 0.05) is 37.9 Å². The summed E-state index contributed by atoms with van der Waals surface area (Å²) in [5, 5.41) is 0. The van der Waals surface area contributed by atoms with Crippen LogP contribution in [0.3, 0.4) is 0 Å². The molecule has 112 valence electrons. The fourth-order valence-corrected chi connectivity index (χ4v) is 3.16. The molecule has 0 aliphatic carbocycles. The quantitative estimate of drug-likeness (QED) is 0.865. The first-order chi connectivity index (χ1) is 10.2. The third-order valence-corrected chi connectivity index (χ3v) is 4.39. The van der Waals surface area contributed by atoms with Crippen molar-refractivity contribution in [3.8, 4) is 0 Å². The maximum atomic E-state index is 4.44. The Kier molecular flexibility index (Phi) is 4.34. The van der Waals surface area contributed by atoms with Crippen LogP contribution in [-0.4, -0.2) is 32.5 Å². The van der Waals surface area contributed by atoms with E-state index in [2.05, 4.69) is 38.6 Å². The molecule has 0 saturated carbocycles. The molecule has 4 heteroatoms. The maximum Gasteiger partial charge on any atom is 0.122 e. The smallest absolute Gasteiger partial charge is 0.122 e. The Labute approximate surface area is 126 Å². The Bertz CT molecular complexity index is 573. The maximum absolute atomic E-state index is 4.44. The molecule has 1 aliphatic rings. The van der Waals surface area contributed by atoms with Crippen LogP contribution in [0.1, 0.15) is 29.9 Å². The molecule has 0 amide bonds. The van der Waals surface area contributed by atoms with Gasteiger partial charge in [-0.3, -0.25) is 9.88 Å². The Morgan fingerprint density at radius 2 is 2.19 bits per heavy atom. The summed E-state index contributed by atoms with van der Waals surface area (Å²) in [5.74, 6) is 1.90. The zero-order valence-corrected chi connectivity index (χ0v) is 13.0. The van der Waals surface area contributed by atoms with Crippen molar-refractivity contribution in [1.82, 2.24) is 19.4 Å². The van der Waals surface area contributed by atoms with Crippen LogP contribution in [0.15, 0.2) is 30.7 Å². The lowest BCUT2D eigenvalue weighted by atomic mass is 9.92. The predicted molar refractivity (Wildman–Crippen MR) is 83.9 cm³/mol. The number of imidazole rings is 1. The van der Waals surface area contributed by atoms with Crippen LogP contribution in [-0.2, 0) is 20.0 Å². The fraction of sp³-hybridized carbons (Fsp3) is 0.529. The second-order valence-corrected chi connectivity index (χ2v) is 6.21. The molecule has 0 N–H and O–H groups in total. The predicted octanol–water partition coefficient (Wildman–Crippen LogP) is 2.58. The number of nitrogens with zero attached hydrogens (tertiary/aromatic N) is 4. The summed E-state index contributed by atoms with van der Waals surface area (Å²) in [6.07, 6.45) is 9.69. The SMILES string of the molecule is Cc1ccc(C[C@@H]2CCCN(Cc3nccn3C)C2)cn1. The zero-order chi connectivity index (χ0) is 14.7. The summed E-state index contributed by atoms with van der Waals surface area (Å²) in [5.41, 5.74) is 2.46. The van der Waals surface area contributed by atoms with Gasteiger partial charge in [0.05, 0.1) is 6.54 Å². The van der Waals surface area contributed by atoms with Crippen molar-refractivity contribution in [2.75, 3.05) is 13.1 Å². The molecule has 3 heterocycles. The van der Waals surface area contributed by atoms with E-state index >= 15 is 0 Å². The molecule has 21 heavy (non-hydrogen) atoms. The highest BCUT2D eigenvalue weighted by Crippen LogP contribution is 2.21. The van der Waals surface area contributed by atoms with E-state index in [0.29, 0.717) is 0 Å². The topological polar surface area (TPSA) is 34.0 Å². The second-order valence-electron chi connectivity index (χ2n) is 6.21. The summed E-state index contributed by atoms with van der Waals surface area (Å²) < 4.78 is 2.12. The lowest BCUT2D eigenvalue weighted by molar-refractivity contribution is 0.162. The van der Waals surface area contributed by atoms with E-state index in [1.165, 1.54) is 31.5 Å². The van der Waals surface area contributed by atoms with Crippen molar-refractivity contribution < 1.29 is 0 Å². The highest BCUT2D eigenvalue weighted by Gasteiger charge is 2.21. The number of aromatic nitrogens is 3. The molecule has 2 aromatic rings. The molecular formula is C17H24N4. The number of pyridine rings is 1. The third-order valence-electron chi connectivity index (χ3n) is 4.39. The molecule has 0 unspecified atom stereocenters. The number of piperidine rings is 1. The van der Waals surface area contributed by atoms with E-state index in [9.17, 15) is 0 Å². The van der Waals surface area contributed by atoms with E-state index < -0.39 is 0 Å². The summed E-state index contributed by atoms with van der Waals surface area (Å²) in [6, 6.07) is 4.34. The monoisotopic (exact) mass is 284 g/mol. The highest BCUT2D eigenvalue weighted by atomic mass is 15.2. The number of aryl methyl sites for hydroxylation is 2. The third kappa shape index (κ3) is 3.70. The summed E-state index contributed by atoms with van der Waals surface area (Å²) in [4.78, 5) is 11.4. The molecule has 4 nitrogen and oxygen atoms in total. The molecule has 1 saturated heterocycles. The zero-order valence-electron chi connectivity index (χ0n) is 13.0. The molecule has 0 bridgehead atoms. The van der Waals surface area contributed by atoms with Gasteiger partial charge in [-0.2, -0.15) is 0 Å². The van der Waals surface area contributed by atoms with Gasteiger partial charge >= 0.3 is 0 Å². The average molecular weight is 284 g/mol. The molecule has 0 aromatic carbocycles. The molecular weight excluding hydrogens is 260 g/mol. The molecule has 0 radical (unpaired) electrons. The van der Waals surface area contributed by atoms with Gasteiger partial charge in [-0.1, -0.05) is 6.07 Å². The minimum Gasteiger partial charge on any atom is -0.337 e. The van der Waals surface area contributed by atoms with Gasteiger partial charge in [-0.05, 0) is 50.3 Å². The first kappa shape index (κ1) is 14.3. The van der Waals surface area contributed by atoms with Gasteiger partial charge in [-0.25, -0.2) is 4.98 Å². The lowest BCUT2D eigenvalue weighted by Crippen LogP contribution is -2.36. The minimum absolute atomic E-state index is 0.739. The van der Waals surface area contributed by atoms with Crippen LogP contribution in [0, 0.1) is 12.8 Å². The van der Waals surface area contributed by atoms with Crippen molar-refractivity contribution in [2.24, 2.45) is 13.0 Å². The van der Waals surface area contributed by atoms with Crippen LogP contribution >= 0.6 is 0 Å². The van der Waals surface area contributed by atoms with E-state index in [0.717, 1.165) is 30.4 Å². The molecule has 2 aromatic heterocycles. The summed E-state index contributed by atoms with van der Waals surface area (Å²) >= 11 is 0. The first-order valence-corrected chi connectivity index (χ1v) is 7.81. The number of hydrogen-bond donors (Lipinski definition) is 0. The first-order valence-electron chi connectivity index (χ1n) is 7.81. The van der Waals surface area contributed by atoms with Crippen molar-refractivity contribution in [3.05, 3.63) is 47.8 Å². The largest absolute Gasteiger partial charge is 0.337 e. The van der Waals surface area contributed by atoms with Gasteiger partial charge in [0.1, 0.15) is 5.82 Å². The van der Waals surface area contributed by atoms with Gasteiger partial charge < -0.3 is 4.57 Å². The van der Waals surface area contributed by atoms with Crippen molar-refractivity contribution in [2.45, 2.75) is 32.7 Å². The fourth-order valence-electron chi connectivity index (χ4n) is 3.16. The average Bonchev–Trinajstić information content (AvgIpc) is 2.87. The van der Waals surface area contributed by atoms with E-state index in [-0.39, 0.29) is 0 Å². The van der Waals surface area contributed by atoms with Crippen molar-refractivity contribution in [3.63, 3.8) is 0 Å². The number of likely N-dealkylation sites (tertiary alicyclic amines) is 1. The molecule has 0 spiro atoms. The van der Waals surface area contributed by atoms with Crippen LogP contribution in [0.4, 0.5) is 0 Å². The van der Waals surface area contributed by atoms with E-state index in [1.54, 1.807) is 0 Å². The Balaban J connectivity index is 1.58. The molecule has 1 atom stereocenters. The number of hydrogen-bond acceptors (Lipinski definition) is 3. The number of rotatable bonds is 4. The van der Waals surface area contributed by atoms with Gasteiger partial charge in [-0.15, -0.1) is 0 Å². The van der Waals surface area contributed by atoms with Gasteiger partial charge in [0.15, 0.2) is 0 Å². The molecule has 3 rings (SSSR count). The Morgan fingerprint density at radius 3 is 2.90 bits per heavy atom. The lowest BCUT2D eigenvalue weighted by Gasteiger charge is -2.32. The highest BCUT2D eigenvalue weighted by molar-refractivity contribution is 5.14. The standard InChI is InChI=1S/C17H24N4/c1-14-5-6-15(11-19-14)10-16-4-3-8-21(12-16)13-17-18-7-9-20(17)2/h5-7,9,11,16H,3-4,8,10,12-13H2,1-2H3/t16-/m0/s1. The van der Waals surface area contributed by atoms with Crippen molar-refractivity contribution >= 4 is 0 Å². The summed E-state index contributed by atoms with van der Waals surface area (Å²) in [6.45, 7) is 5.36. The van der Waals surface area contributed by atoms with Crippen LogP contribution in [0.2, 0.25) is 0 Å². The minimum atomic E-state index is 0.739. The van der Waals surface area contributed by atoms with Crippen LogP contribution in [0.25, 0.3) is 0 Å². The Hall–Kier alpha value is -1.68. The van der Waals surface area contributed by atoms with Gasteiger partial charge in [0.2, 0.25) is 0 Å². The normalized spacial score (nSPS) is 19.8. The van der Waals surface area contributed by atoms with Gasteiger partial charge in [0.25, 0.3) is 0 Å². The van der Waals surface area contributed by atoms with E-state index in [4.69, 9.17) is 0 Å². The van der Waals surface area contributed by atoms with Crippen LogP contribution < -0.4 is 0 Å². The molecule has 1 aliphatic heterocycles. The molecule has 1 fully saturated rings. The Morgan fingerprint density at radius 1 is 1.29 bits per heavy atom. The van der Waals surface area contributed by atoms with Crippen LogP contribution in [0.5, 0.6) is 0 Å². The van der Waals surface area contributed by atoms with Crippen molar-refractivity contribution in [1.29, 1.82) is 0 Å². The summed E-state index contributed by atoms with van der Waals surface area (Å²) in [7, 11) is 2.07. The van der Waals surface area contributed by atoms with E-state index in [1.807, 2.05) is 25.5 Å². The second kappa shape index (κ2) is 6.39.